The molecule has 1 saturated heterocycles. The summed E-state index contributed by atoms with van der Waals surface area (Å²) in [5, 5.41) is 14.1. The molecule has 1 saturated carbocycles. The summed E-state index contributed by atoms with van der Waals surface area (Å²) in [6.45, 7) is 9.98. The maximum Gasteiger partial charge on any atom is 0.324 e. The number of piperazine rings is 1. The summed E-state index contributed by atoms with van der Waals surface area (Å²) in [5.74, 6) is 1.60. The molecule has 3 aromatic rings. The number of anilines is 3. The molecule has 1 aromatic carbocycles. The van der Waals surface area contributed by atoms with E-state index < -0.39 is 0 Å². The number of aromatic nitrogens is 3. The fourth-order valence-electron chi connectivity index (χ4n) is 4.11. The molecule has 0 atom stereocenters. The van der Waals surface area contributed by atoms with E-state index in [0.29, 0.717) is 11.5 Å². The fourth-order valence-corrected chi connectivity index (χ4v) is 4.11. The number of aryl methyl sites for hydroxylation is 2. The zero-order valence-electron chi connectivity index (χ0n) is 19.5. The van der Waals surface area contributed by atoms with Crippen LogP contribution in [0.2, 0.25) is 0 Å². The van der Waals surface area contributed by atoms with Crippen LogP contribution in [-0.2, 0) is 5.41 Å². The number of pyridine rings is 1. The van der Waals surface area contributed by atoms with Crippen LogP contribution in [0.25, 0.3) is 5.69 Å². The maximum atomic E-state index is 12.9. The predicted molar refractivity (Wildman–Crippen MR) is 132 cm³/mol. The Labute approximate surface area is 194 Å². The van der Waals surface area contributed by atoms with Crippen LogP contribution in [0.5, 0.6) is 0 Å². The minimum atomic E-state index is -0.310. The minimum absolute atomic E-state index is 0.100. The lowest BCUT2D eigenvalue weighted by atomic mass is 10.1. The molecule has 1 aliphatic heterocycles. The van der Waals surface area contributed by atoms with E-state index in [1.807, 2.05) is 54.1 Å². The molecule has 0 spiro atoms. The molecule has 172 valence electrons. The topological polar surface area (TPSA) is 87.1 Å². The fraction of sp³-hybridized carbons (Fsp3) is 0.400. The van der Waals surface area contributed by atoms with Crippen LogP contribution in [0.1, 0.15) is 36.7 Å². The van der Waals surface area contributed by atoms with Gasteiger partial charge >= 0.3 is 6.03 Å². The summed E-state index contributed by atoms with van der Waals surface area (Å²) in [6, 6.07) is 13.7. The van der Waals surface area contributed by atoms with Crippen LogP contribution in [0.4, 0.5) is 22.1 Å². The quantitative estimate of drug-likeness (QED) is 0.553. The molecule has 3 heterocycles. The number of hydrogen-bond donors (Lipinski definition) is 3. The van der Waals surface area contributed by atoms with Crippen molar-refractivity contribution in [2.24, 2.45) is 0 Å². The number of urea groups is 1. The second-order valence-electron chi connectivity index (χ2n) is 9.34. The lowest BCUT2D eigenvalue weighted by molar-refractivity contribution is 0.262. The van der Waals surface area contributed by atoms with E-state index in [2.05, 4.69) is 34.7 Å². The first-order valence-corrected chi connectivity index (χ1v) is 11.6. The van der Waals surface area contributed by atoms with Gasteiger partial charge in [0.25, 0.3) is 0 Å². The Morgan fingerprint density at radius 1 is 1.03 bits per heavy atom. The molecule has 2 fully saturated rings. The molecular weight excluding hydrogens is 414 g/mol. The van der Waals surface area contributed by atoms with Crippen molar-refractivity contribution in [1.82, 2.24) is 20.1 Å². The van der Waals surface area contributed by atoms with Crippen molar-refractivity contribution in [3.63, 3.8) is 0 Å². The third-order valence-electron chi connectivity index (χ3n) is 6.61. The SMILES string of the molecule is Cc1ccc(-n2nc(C3(C)CC3)cc2NC(=O)Nc2ccc(N3CCNCC3)nc2C)cc1. The van der Waals surface area contributed by atoms with Crippen LogP contribution in [0.3, 0.4) is 0 Å². The Morgan fingerprint density at radius 2 is 1.76 bits per heavy atom. The van der Waals surface area contributed by atoms with Crippen molar-refractivity contribution < 1.29 is 4.79 Å². The molecule has 0 bridgehead atoms. The van der Waals surface area contributed by atoms with Crippen LogP contribution in [0, 0.1) is 13.8 Å². The second kappa shape index (κ2) is 8.51. The molecule has 8 heteroatoms. The van der Waals surface area contributed by atoms with Gasteiger partial charge in [-0.05, 0) is 51.0 Å². The van der Waals surface area contributed by atoms with E-state index in [1.165, 1.54) is 5.56 Å². The lowest BCUT2D eigenvalue weighted by Crippen LogP contribution is -2.43. The molecule has 3 N–H and O–H groups in total. The summed E-state index contributed by atoms with van der Waals surface area (Å²) in [5.41, 5.74) is 4.70. The zero-order chi connectivity index (χ0) is 23.0. The van der Waals surface area contributed by atoms with Crippen LogP contribution >= 0.6 is 0 Å². The first kappa shape index (κ1) is 21.5. The second-order valence-corrected chi connectivity index (χ2v) is 9.34. The normalized spacial score (nSPS) is 17.0. The summed E-state index contributed by atoms with van der Waals surface area (Å²) in [6.07, 6.45) is 2.24. The van der Waals surface area contributed by atoms with Crippen molar-refractivity contribution in [1.29, 1.82) is 0 Å². The number of carbonyl (C=O) groups is 1. The van der Waals surface area contributed by atoms with Crippen molar-refractivity contribution in [3.05, 3.63) is 59.4 Å². The van der Waals surface area contributed by atoms with E-state index in [9.17, 15) is 4.79 Å². The summed E-state index contributed by atoms with van der Waals surface area (Å²) >= 11 is 0. The average Bonchev–Trinajstić information content (AvgIpc) is 3.43. The van der Waals surface area contributed by atoms with Gasteiger partial charge in [0.1, 0.15) is 11.6 Å². The van der Waals surface area contributed by atoms with Gasteiger partial charge in [-0.25, -0.2) is 14.5 Å². The average molecular weight is 446 g/mol. The monoisotopic (exact) mass is 445 g/mol. The van der Waals surface area contributed by atoms with E-state index in [-0.39, 0.29) is 11.4 Å². The third kappa shape index (κ3) is 4.57. The summed E-state index contributed by atoms with van der Waals surface area (Å²) in [7, 11) is 0. The van der Waals surface area contributed by atoms with Gasteiger partial charge in [0.2, 0.25) is 0 Å². The van der Waals surface area contributed by atoms with Gasteiger partial charge in [0.15, 0.2) is 0 Å². The molecule has 8 nitrogen and oxygen atoms in total. The third-order valence-corrected chi connectivity index (χ3v) is 6.61. The van der Waals surface area contributed by atoms with Crippen LogP contribution in [-0.4, -0.2) is 47.0 Å². The predicted octanol–water partition coefficient (Wildman–Crippen LogP) is 3.99. The number of hydrogen-bond acceptors (Lipinski definition) is 5. The zero-order valence-corrected chi connectivity index (χ0v) is 19.5. The molecule has 1 aliphatic carbocycles. The highest BCUT2D eigenvalue weighted by atomic mass is 16.2. The molecule has 2 aromatic heterocycles. The molecular formula is C25H31N7O. The summed E-state index contributed by atoms with van der Waals surface area (Å²) in [4.78, 5) is 19.9. The maximum absolute atomic E-state index is 12.9. The number of nitrogens with zero attached hydrogens (tertiary/aromatic N) is 4. The largest absolute Gasteiger partial charge is 0.354 e. The van der Waals surface area contributed by atoms with Gasteiger partial charge in [-0.1, -0.05) is 24.6 Å². The van der Waals surface area contributed by atoms with Gasteiger partial charge < -0.3 is 15.5 Å². The van der Waals surface area contributed by atoms with Gasteiger partial charge in [-0.15, -0.1) is 0 Å². The van der Waals surface area contributed by atoms with Gasteiger partial charge in [-0.3, -0.25) is 5.32 Å². The molecule has 0 radical (unpaired) electrons. The highest BCUT2D eigenvalue weighted by Crippen LogP contribution is 2.47. The lowest BCUT2D eigenvalue weighted by Gasteiger charge is -2.28. The minimum Gasteiger partial charge on any atom is -0.354 e. The van der Waals surface area contributed by atoms with Gasteiger partial charge in [0, 0.05) is 37.7 Å². The Balaban J connectivity index is 1.34. The Kier molecular flexibility index (Phi) is 5.54. The first-order valence-electron chi connectivity index (χ1n) is 11.6. The summed E-state index contributed by atoms with van der Waals surface area (Å²) < 4.78 is 1.82. The number of carbonyl (C=O) groups excluding carboxylic acids is 1. The molecule has 33 heavy (non-hydrogen) atoms. The molecule has 0 unspecified atom stereocenters. The highest BCUT2D eigenvalue weighted by Gasteiger charge is 2.42. The van der Waals surface area contributed by atoms with E-state index >= 15 is 0 Å². The van der Waals surface area contributed by atoms with Crippen molar-refractivity contribution in [3.8, 4) is 5.69 Å². The number of benzene rings is 1. The van der Waals surface area contributed by atoms with Gasteiger partial charge in [-0.2, -0.15) is 5.10 Å². The Morgan fingerprint density at radius 3 is 2.42 bits per heavy atom. The van der Waals surface area contributed by atoms with Crippen molar-refractivity contribution in [2.45, 2.75) is 39.0 Å². The van der Waals surface area contributed by atoms with E-state index in [4.69, 9.17) is 10.1 Å². The number of nitrogens with one attached hydrogen (secondary N) is 3. The smallest absolute Gasteiger partial charge is 0.324 e. The van der Waals surface area contributed by atoms with Gasteiger partial charge in [0.05, 0.1) is 22.8 Å². The first-order chi connectivity index (χ1) is 15.9. The Hall–Kier alpha value is -3.39. The number of rotatable bonds is 5. The Bertz CT molecular complexity index is 1160. The van der Waals surface area contributed by atoms with E-state index in [0.717, 1.165) is 61.9 Å². The van der Waals surface area contributed by atoms with E-state index in [1.54, 1.807) is 0 Å². The van der Waals surface area contributed by atoms with Crippen molar-refractivity contribution >= 4 is 23.4 Å². The highest BCUT2D eigenvalue weighted by molar-refractivity contribution is 5.99. The molecule has 2 amide bonds. The molecule has 5 rings (SSSR count). The number of amides is 2. The van der Waals surface area contributed by atoms with Crippen LogP contribution in [0.15, 0.2) is 42.5 Å². The van der Waals surface area contributed by atoms with Crippen LogP contribution < -0.4 is 20.9 Å². The molecule has 2 aliphatic rings. The standard InChI is InChI=1S/C25H31N7O/c1-17-4-6-19(7-5-17)32-23(16-21(30-32)25(3)10-11-25)29-24(33)28-20-8-9-22(27-18(20)2)31-14-12-26-13-15-31/h4-9,16,26H,10-15H2,1-3H3,(H2,28,29,33). The van der Waals surface area contributed by atoms with Crippen molar-refractivity contribution in [2.75, 3.05) is 41.7 Å².